The van der Waals surface area contributed by atoms with Gasteiger partial charge in [-0.2, -0.15) is 0 Å². The molecule has 2 aliphatic rings. The van der Waals surface area contributed by atoms with Crippen LogP contribution in [0.15, 0.2) is 27.4 Å². The van der Waals surface area contributed by atoms with Crippen molar-refractivity contribution in [2.45, 2.75) is 71.0 Å². The van der Waals surface area contributed by atoms with Crippen LogP contribution < -0.4 is 10.4 Å². The number of amides is 1. The largest absolute Gasteiger partial charge is 0.480 e. The first-order valence-electron chi connectivity index (χ1n) is 11.1. The lowest BCUT2D eigenvalue weighted by Crippen LogP contribution is -2.56. The van der Waals surface area contributed by atoms with Crippen LogP contribution in [0, 0.1) is 12.8 Å². The number of aliphatic hydroxyl groups is 1. The summed E-state index contributed by atoms with van der Waals surface area (Å²) in [6, 6.07) is 5.21. The monoisotopic (exact) mass is 413 g/mol. The summed E-state index contributed by atoms with van der Waals surface area (Å²) in [6.45, 7) is 6.80. The Balaban J connectivity index is 1.56. The predicted molar refractivity (Wildman–Crippen MR) is 115 cm³/mol. The van der Waals surface area contributed by atoms with E-state index in [1.54, 1.807) is 6.92 Å². The molecule has 1 aliphatic heterocycles. The standard InChI is InChI=1S/C24H31NO5/c1-4-17-13-21(26)30-20-12-15(2)11-19(22(17)20)29-16(3)23(27)25-10-9-24(28)8-6-5-7-18(24)14-25/h11-13,16,18,28H,4-10,14H2,1-3H3/t16?,18-,24-/m0/s1. The molecule has 6 nitrogen and oxygen atoms in total. The molecular formula is C24H31NO5. The molecule has 1 unspecified atom stereocenters. The third-order valence-electron chi connectivity index (χ3n) is 6.81. The van der Waals surface area contributed by atoms with Gasteiger partial charge >= 0.3 is 5.63 Å². The second-order valence-corrected chi connectivity index (χ2v) is 8.92. The molecule has 6 heteroatoms. The van der Waals surface area contributed by atoms with Crippen molar-refractivity contribution in [2.75, 3.05) is 13.1 Å². The molecule has 162 valence electrons. The van der Waals surface area contributed by atoms with Crippen LogP contribution in [0.4, 0.5) is 0 Å². The summed E-state index contributed by atoms with van der Waals surface area (Å²) < 4.78 is 11.5. The van der Waals surface area contributed by atoms with Crippen molar-refractivity contribution >= 4 is 16.9 Å². The highest BCUT2D eigenvalue weighted by Crippen LogP contribution is 2.40. The van der Waals surface area contributed by atoms with Crippen molar-refractivity contribution in [2.24, 2.45) is 5.92 Å². The predicted octanol–water partition coefficient (Wildman–Crippen LogP) is 3.58. The number of aryl methyl sites for hydroxylation is 2. The van der Waals surface area contributed by atoms with E-state index >= 15 is 0 Å². The van der Waals surface area contributed by atoms with Gasteiger partial charge < -0.3 is 19.2 Å². The summed E-state index contributed by atoms with van der Waals surface area (Å²) in [7, 11) is 0. The second-order valence-electron chi connectivity index (χ2n) is 8.92. The van der Waals surface area contributed by atoms with Crippen LogP contribution in [0.2, 0.25) is 0 Å². The van der Waals surface area contributed by atoms with E-state index in [9.17, 15) is 14.7 Å². The van der Waals surface area contributed by atoms with Gasteiger partial charge in [0.1, 0.15) is 11.3 Å². The van der Waals surface area contributed by atoms with Crippen molar-refractivity contribution in [3.05, 3.63) is 39.7 Å². The van der Waals surface area contributed by atoms with E-state index < -0.39 is 11.7 Å². The van der Waals surface area contributed by atoms with E-state index in [0.29, 0.717) is 37.3 Å². The Morgan fingerprint density at radius 1 is 1.33 bits per heavy atom. The maximum Gasteiger partial charge on any atom is 0.336 e. The normalized spacial score (nSPS) is 25.1. The average Bonchev–Trinajstić information content (AvgIpc) is 2.71. The molecule has 1 aromatic heterocycles. The maximum atomic E-state index is 13.2. The Morgan fingerprint density at radius 3 is 2.90 bits per heavy atom. The zero-order valence-electron chi connectivity index (χ0n) is 18.1. The highest BCUT2D eigenvalue weighted by molar-refractivity contribution is 5.88. The summed E-state index contributed by atoms with van der Waals surface area (Å²) in [5.74, 6) is 0.655. The Kier molecular flexibility index (Phi) is 5.62. The van der Waals surface area contributed by atoms with E-state index in [0.717, 1.165) is 42.2 Å². The molecule has 1 saturated carbocycles. The average molecular weight is 414 g/mol. The fourth-order valence-corrected chi connectivity index (χ4v) is 5.11. The minimum Gasteiger partial charge on any atom is -0.480 e. The lowest BCUT2D eigenvalue weighted by molar-refractivity contribution is -0.149. The van der Waals surface area contributed by atoms with E-state index in [1.807, 2.05) is 30.9 Å². The number of fused-ring (bicyclic) bond motifs is 2. The van der Waals surface area contributed by atoms with E-state index in [2.05, 4.69) is 0 Å². The third kappa shape index (κ3) is 3.85. The highest BCUT2D eigenvalue weighted by Gasteiger charge is 2.44. The number of ether oxygens (including phenoxy) is 1. The molecular weight excluding hydrogens is 382 g/mol. The fourth-order valence-electron chi connectivity index (χ4n) is 5.11. The zero-order chi connectivity index (χ0) is 21.5. The number of carbonyl (C=O) groups excluding carboxylic acids is 1. The van der Waals surface area contributed by atoms with Crippen molar-refractivity contribution in [1.82, 2.24) is 4.90 Å². The van der Waals surface area contributed by atoms with Crippen molar-refractivity contribution in [3.8, 4) is 5.75 Å². The van der Waals surface area contributed by atoms with Gasteiger partial charge in [0, 0.05) is 25.1 Å². The molecule has 0 radical (unpaired) electrons. The van der Waals surface area contributed by atoms with Gasteiger partial charge in [0.15, 0.2) is 6.10 Å². The molecule has 1 saturated heterocycles. The Hall–Kier alpha value is -2.34. The highest BCUT2D eigenvalue weighted by atomic mass is 16.5. The fraction of sp³-hybridized carbons (Fsp3) is 0.583. The summed E-state index contributed by atoms with van der Waals surface area (Å²) in [6.07, 6.45) is 4.62. The minimum atomic E-state index is -0.665. The number of benzene rings is 1. The molecule has 2 fully saturated rings. The molecule has 30 heavy (non-hydrogen) atoms. The van der Waals surface area contributed by atoms with Gasteiger partial charge in [-0.25, -0.2) is 4.79 Å². The maximum absolute atomic E-state index is 13.2. The van der Waals surface area contributed by atoms with E-state index in [-0.39, 0.29) is 17.5 Å². The van der Waals surface area contributed by atoms with Gasteiger partial charge in [0.25, 0.3) is 5.91 Å². The molecule has 1 aliphatic carbocycles. The Labute approximate surface area is 176 Å². The number of nitrogens with zero attached hydrogens (tertiary/aromatic N) is 1. The summed E-state index contributed by atoms with van der Waals surface area (Å²) in [4.78, 5) is 26.9. The third-order valence-corrected chi connectivity index (χ3v) is 6.81. The first-order chi connectivity index (χ1) is 14.3. The van der Waals surface area contributed by atoms with Crippen molar-refractivity contribution in [3.63, 3.8) is 0 Å². The molecule has 3 atom stereocenters. The number of rotatable bonds is 4. The van der Waals surface area contributed by atoms with Crippen LogP contribution in [0.3, 0.4) is 0 Å². The molecule has 2 aromatic rings. The molecule has 1 aromatic carbocycles. The van der Waals surface area contributed by atoms with Crippen LogP contribution in [0.25, 0.3) is 11.0 Å². The zero-order valence-corrected chi connectivity index (χ0v) is 18.1. The van der Waals surface area contributed by atoms with Gasteiger partial charge in [0.05, 0.1) is 11.0 Å². The van der Waals surface area contributed by atoms with Gasteiger partial charge in [-0.15, -0.1) is 0 Å². The van der Waals surface area contributed by atoms with Crippen molar-refractivity contribution in [1.29, 1.82) is 0 Å². The molecule has 0 bridgehead atoms. The summed E-state index contributed by atoms with van der Waals surface area (Å²) in [5, 5.41) is 11.6. The molecule has 4 rings (SSSR count). The molecule has 0 spiro atoms. The van der Waals surface area contributed by atoms with Gasteiger partial charge in [-0.3, -0.25) is 4.79 Å². The summed E-state index contributed by atoms with van der Waals surface area (Å²) >= 11 is 0. The van der Waals surface area contributed by atoms with Crippen LogP contribution >= 0.6 is 0 Å². The number of hydrogen-bond donors (Lipinski definition) is 1. The molecule has 1 amide bonds. The number of hydrogen-bond acceptors (Lipinski definition) is 5. The summed E-state index contributed by atoms with van der Waals surface area (Å²) in [5.41, 5.74) is 1.24. The Bertz CT molecular complexity index is 1010. The van der Waals surface area contributed by atoms with E-state index in [4.69, 9.17) is 9.15 Å². The minimum absolute atomic E-state index is 0.0623. The SMILES string of the molecule is CCc1cc(=O)oc2cc(C)cc(OC(C)C(=O)N3CC[C@@]4(O)CCCC[C@H]4C3)c12. The smallest absolute Gasteiger partial charge is 0.336 e. The van der Waals surface area contributed by atoms with Crippen molar-refractivity contribution < 1.29 is 19.1 Å². The van der Waals surface area contributed by atoms with Crippen LogP contribution in [0.1, 0.15) is 57.1 Å². The van der Waals surface area contributed by atoms with E-state index in [1.165, 1.54) is 6.07 Å². The van der Waals surface area contributed by atoms with Gasteiger partial charge in [0.2, 0.25) is 0 Å². The second kappa shape index (κ2) is 8.06. The van der Waals surface area contributed by atoms with Gasteiger partial charge in [-0.1, -0.05) is 19.8 Å². The number of carbonyl (C=O) groups is 1. The molecule has 1 N–H and O–H groups in total. The number of likely N-dealkylation sites (tertiary alicyclic amines) is 1. The lowest BCUT2D eigenvalue weighted by Gasteiger charge is -2.47. The van der Waals surface area contributed by atoms with Crippen LogP contribution in [-0.4, -0.2) is 40.7 Å². The quantitative estimate of drug-likeness (QED) is 0.775. The lowest BCUT2D eigenvalue weighted by atomic mass is 9.71. The first kappa shape index (κ1) is 20.9. The van der Waals surface area contributed by atoms with Crippen LogP contribution in [-0.2, 0) is 11.2 Å². The first-order valence-corrected chi connectivity index (χ1v) is 11.1. The Morgan fingerprint density at radius 2 is 2.13 bits per heavy atom. The number of piperidine rings is 1. The van der Waals surface area contributed by atoms with Crippen LogP contribution in [0.5, 0.6) is 5.75 Å². The van der Waals surface area contributed by atoms with Gasteiger partial charge in [-0.05, 0) is 62.8 Å². The topological polar surface area (TPSA) is 80.0 Å². The molecule has 2 heterocycles.